The number of benzene rings is 2. The first-order valence-corrected chi connectivity index (χ1v) is 12.4. The highest BCUT2D eigenvalue weighted by Gasteiger charge is 2.38. The zero-order chi connectivity index (χ0) is 29.0. The molecule has 0 aliphatic carbocycles. The molecule has 2 aromatic rings. The third-order valence-electron chi connectivity index (χ3n) is 6.56. The van der Waals surface area contributed by atoms with Gasteiger partial charge in [-0.2, -0.15) is 13.2 Å². The Morgan fingerprint density at radius 2 is 1.77 bits per heavy atom. The van der Waals surface area contributed by atoms with Crippen molar-refractivity contribution in [2.45, 2.75) is 64.0 Å². The molecular formula is C27H32F5N3O4. The van der Waals surface area contributed by atoms with Crippen LogP contribution < -0.4 is 10.1 Å². The van der Waals surface area contributed by atoms with E-state index in [0.717, 1.165) is 55.3 Å². The number of nitrogens with zero attached hydrogens (tertiary/aromatic N) is 2. The van der Waals surface area contributed by atoms with Gasteiger partial charge in [0.15, 0.2) is 0 Å². The first-order chi connectivity index (χ1) is 18.1. The summed E-state index contributed by atoms with van der Waals surface area (Å²) in [7, 11) is 2.05. The summed E-state index contributed by atoms with van der Waals surface area (Å²) < 4.78 is 65.3. The number of nitrogens with one attached hydrogen (secondary N) is 1. The van der Waals surface area contributed by atoms with E-state index in [1.165, 1.54) is 12.1 Å². The highest BCUT2D eigenvalue weighted by Crippen LogP contribution is 2.35. The number of carboxylic acid groups (broad SMARTS) is 1. The maximum Gasteiger partial charge on any atom is 0.490 e. The average molecular weight is 558 g/mol. The predicted octanol–water partition coefficient (Wildman–Crippen LogP) is 5.12. The number of fused-ring (bicyclic) bond motifs is 1. The van der Waals surface area contributed by atoms with Crippen molar-refractivity contribution in [3.8, 4) is 5.75 Å². The van der Waals surface area contributed by atoms with Gasteiger partial charge in [-0.3, -0.25) is 0 Å². The van der Waals surface area contributed by atoms with E-state index < -0.39 is 23.8 Å². The van der Waals surface area contributed by atoms with E-state index in [1.807, 2.05) is 12.1 Å². The van der Waals surface area contributed by atoms with Crippen molar-refractivity contribution >= 4 is 12.0 Å². The molecule has 39 heavy (non-hydrogen) atoms. The van der Waals surface area contributed by atoms with Crippen LogP contribution in [0.2, 0.25) is 0 Å². The summed E-state index contributed by atoms with van der Waals surface area (Å²) in [4.78, 5) is 26.0. The maximum atomic E-state index is 14.3. The summed E-state index contributed by atoms with van der Waals surface area (Å²) in [6.45, 7) is 6.35. The monoisotopic (exact) mass is 557 g/mol. The summed E-state index contributed by atoms with van der Waals surface area (Å²) >= 11 is 0. The number of likely N-dealkylation sites (tertiary alicyclic amines) is 1. The van der Waals surface area contributed by atoms with Crippen LogP contribution in [0.4, 0.5) is 26.7 Å². The van der Waals surface area contributed by atoms with Gasteiger partial charge in [0.25, 0.3) is 0 Å². The molecule has 2 amide bonds. The number of rotatable bonds is 5. The van der Waals surface area contributed by atoms with Gasteiger partial charge in [-0.15, -0.1) is 0 Å². The molecule has 2 heterocycles. The van der Waals surface area contributed by atoms with Crippen molar-refractivity contribution in [1.82, 2.24) is 15.1 Å². The van der Waals surface area contributed by atoms with Crippen LogP contribution >= 0.6 is 0 Å². The Hall–Kier alpha value is -3.41. The smallest absolute Gasteiger partial charge is 0.487 e. The Kier molecular flexibility index (Phi) is 9.42. The van der Waals surface area contributed by atoms with E-state index in [4.69, 9.17) is 14.6 Å². The number of carbonyl (C=O) groups excluding carboxylic acids is 1. The van der Waals surface area contributed by atoms with Crippen LogP contribution in [0, 0.1) is 11.6 Å². The highest BCUT2D eigenvalue weighted by atomic mass is 19.4. The second-order valence-electron chi connectivity index (χ2n) is 10.3. The zero-order valence-corrected chi connectivity index (χ0v) is 21.9. The molecule has 214 valence electrons. The lowest BCUT2D eigenvalue weighted by molar-refractivity contribution is -0.192. The van der Waals surface area contributed by atoms with E-state index in [1.54, 1.807) is 4.90 Å². The van der Waals surface area contributed by atoms with Crippen molar-refractivity contribution in [2.75, 3.05) is 20.1 Å². The van der Waals surface area contributed by atoms with Crippen LogP contribution in [0.15, 0.2) is 36.4 Å². The van der Waals surface area contributed by atoms with Crippen molar-refractivity contribution in [3.63, 3.8) is 0 Å². The Labute approximate surface area is 223 Å². The number of ether oxygens (including phenoxy) is 1. The number of amides is 2. The standard InChI is InChI=1S/C25H31F2N3O2.C2HF3O2/c1-25(2)14-19-12-17(4-7-23(19)32-25)15-28-24(31)30(21-8-10-29(3)11-9-21)16-18-5-6-20(26)13-22(18)27;3-2(4,5)1(6)7/h4-7,12-13,21H,8-11,14-16H2,1-3H3,(H,28,31);(H,6,7). The van der Waals surface area contributed by atoms with Gasteiger partial charge in [-0.05, 0) is 70.1 Å². The number of alkyl halides is 3. The predicted molar refractivity (Wildman–Crippen MR) is 133 cm³/mol. The number of hydrogen-bond donors (Lipinski definition) is 2. The molecule has 2 N–H and O–H groups in total. The molecule has 0 radical (unpaired) electrons. The molecule has 1 fully saturated rings. The second-order valence-corrected chi connectivity index (χ2v) is 10.3. The maximum absolute atomic E-state index is 14.3. The van der Waals surface area contributed by atoms with Gasteiger partial charge in [-0.25, -0.2) is 18.4 Å². The SMILES string of the molecule is CN1CCC(N(Cc2ccc(F)cc2F)C(=O)NCc2ccc3c(c2)CC(C)(C)O3)CC1.O=C(O)C(F)(F)F. The van der Waals surface area contributed by atoms with Gasteiger partial charge in [-0.1, -0.05) is 18.2 Å². The number of carbonyl (C=O) groups is 2. The van der Waals surface area contributed by atoms with Crippen LogP contribution in [0.25, 0.3) is 0 Å². The highest BCUT2D eigenvalue weighted by molar-refractivity contribution is 5.74. The Morgan fingerprint density at radius 3 is 2.36 bits per heavy atom. The molecule has 12 heteroatoms. The minimum absolute atomic E-state index is 0.00451. The normalized spacial score (nSPS) is 16.9. The molecule has 7 nitrogen and oxygen atoms in total. The van der Waals surface area contributed by atoms with Crippen LogP contribution in [0.5, 0.6) is 5.75 Å². The fourth-order valence-corrected chi connectivity index (χ4v) is 4.56. The summed E-state index contributed by atoms with van der Waals surface area (Å²) in [6, 6.07) is 9.27. The molecular weight excluding hydrogens is 525 g/mol. The number of urea groups is 1. The first-order valence-electron chi connectivity index (χ1n) is 12.4. The molecule has 0 unspecified atom stereocenters. The average Bonchev–Trinajstić information content (AvgIpc) is 3.15. The minimum Gasteiger partial charge on any atom is -0.487 e. The second kappa shape index (κ2) is 12.2. The summed E-state index contributed by atoms with van der Waals surface area (Å²) in [5.41, 5.74) is 2.24. The van der Waals surface area contributed by atoms with Crippen LogP contribution in [0.1, 0.15) is 43.4 Å². The molecule has 2 aliphatic heterocycles. The van der Waals surface area contributed by atoms with Gasteiger partial charge in [0.2, 0.25) is 0 Å². The van der Waals surface area contributed by atoms with Crippen LogP contribution in [-0.4, -0.2) is 64.9 Å². The fraction of sp³-hybridized carbons (Fsp3) is 0.481. The van der Waals surface area contributed by atoms with E-state index in [9.17, 15) is 26.7 Å². The number of carboxylic acids is 1. The van der Waals surface area contributed by atoms with Gasteiger partial charge >= 0.3 is 18.2 Å². The van der Waals surface area contributed by atoms with E-state index in [2.05, 4.69) is 37.2 Å². The molecule has 1 saturated heterocycles. The molecule has 4 rings (SSSR count). The van der Waals surface area contributed by atoms with Crippen molar-refractivity contribution in [2.24, 2.45) is 0 Å². The summed E-state index contributed by atoms with van der Waals surface area (Å²) in [6.07, 6.45) is -2.62. The molecule has 2 aromatic carbocycles. The van der Waals surface area contributed by atoms with E-state index in [0.29, 0.717) is 12.1 Å². The summed E-state index contributed by atoms with van der Waals surface area (Å²) in [5, 5.41) is 10.1. The van der Waals surface area contributed by atoms with Gasteiger partial charge in [0.05, 0.1) is 6.54 Å². The van der Waals surface area contributed by atoms with Gasteiger partial charge < -0.3 is 25.0 Å². The van der Waals surface area contributed by atoms with Crippen molar-refractivity contribution in [3.05, 3.63) is 64.7 Å². The Balaban J connectivity index is 0.000000532. The molecule has 0 saturated carbocycles. The minimum atomic E-state index is -5.08. The first kappa shape index (κ1) is 30.1. The zero-order valence-electron chi connectivity index (χ0n) is 21.9. The fourth-order valence-electron chi connectivity index (χ4n) is 4.56. The van der Waals surface area contributed by atoms with Crippen molar-refractivity contribution < 1.29 is 41.4 Å². The molecule has 0 aromatic heterocycles. The Morgan fingerprint density at radius 1 is 1.13 bits per heavy atom. The molecule has 0 atom stereocenters. The quantitative estimate of drug-likeness (QED) is 0.499. The molecule has 2 aliphatic rings. The van der Waals surface area contributed by atoms with Crippen LogP contribution in [-0.2, 0) is 24.3 Å². The Bertz CT molecular complexity index is 1180. The van der Waals surface area contributed by atoms with Gasteiger partial charge in [0, 0.05) is 30.6 Å². The third-order valence-corrected chi connectivity index (χ3v) is 6.56. The topological polar surface area (TPSA) is 82.1 Å². The largest absolute Gasteiger partial charge is 0.490 e. The number of hydrogen-bond acceptors (Lipinski definition) is 4. The van der Waals surface area contributed by atoms with E-state index >= 15 is 0 Å². The lowest BCUT2D eigenvalue weighted by atomic mass is 10.0. The van der Waals surface area contributed by atoms with Gasteiger partial charge in [0.1, 0.15) is 23.0 Å². The number of piperidine rings is 1. The summed E-state index contributed by atoms with van der Waals surface area (Å²) in [5.74, 6) is -3.11. The lowest BCUT2D eigenvalue weighted by Gasteiger charge is -2.37. The third kappa shape index (κ3) is 8.54. The molecule has 0 bridgehead atoms. The lowest BCUT2D eigenvalue weighted by Crippen LogP contribution is -2.49. The number of aliphatic carboxylic acids is 1. The van der Waals surface area contributed by atoms with Crippen LogP contribution in [0.3, 0.4) is 0 Å². The molecule has 0 spiro atoms. The van der Waals surface area contributed by atoms with Crippen molar-refractivity contribution in [1.29, 1.82) is 0 Å². The van der Waals surface area contributed by atoms with E-state index in [-0.39, 0.29) is 24.2 Å². The number of halogens is 5.